The average molecular weight is 267 g/mol. The Morgan fingerprint density at radius 1 is 1.33 bits per heavy atom. The molecule has 1 aliphatic heterocycles. The van der Waals surface area contributed by atoms with Gasteiger partial charge in [-0.2, -0.15) is 13.2 Å². The summed E-state index contributed by atoms with van der Waals surface area (Å²) >= 11 is 0. The van der Waals surface area contributed by atoms with E-state index in [0.717, 1.165) is 25.9 Å². The van der Waals surface area contributed by atoms with E-state index >= 15 is 0 Å². The molecule has 4 nitrogen and oxygen atoms in total. The largest absolute Gasteiger partial charge is 0.405 e. The van der Waals surface area contributed by atoms with Gasteiger partial charge in [0.1, 0.15) is 6.54 Å². The highest BCUT2D eigenvalue weighted by Crippen LogP contribution is 2.14. The van der Waals surface area contributed by atoms with E-state index in [2.05, 4.69) is 17.3 Å². The maximum Gasteiger partial charge on any atom is 0.405 e. The second-order valence-corrected chi connectivity index (χ2v) is 4.77. The minimum atomic E-state index is -4.34. The van der Waals surface area contributed by atoms with Crippen LogP contribution in [-0.4, -0.2) is 56.8 Å². The van der Waals surface area contributed by atoms with Crippen molar-refractivity contribution in [3.63, 3.8) is 0 Å². The molecule has 1 rings (SSSR count). The molecule has 0 saturated carbocycles. The van der Waals surface area contributed by atoms with Gasteiger partial charge in [-0.05, 0) is 45.4 Å². The molecule has 18 heavy (non-hydrogen) atoms. The SMILES string of the molecule is CN1CCC(CNCC(=O)NCC(F)(F)F)CC1. The molecule has 1 aliphatic rings. The zero-order valence-corrected chi connectivity index (χ0v) is 10.5. The van der Waals surface area contributed by atoms with Crippen molar-refractivity contribution in [1.82, 2.24) is 15.5 Å². The second-order valence-electron chi connectivity index (χ2n) is 4.77. The van der Waals surface area contributed by atoms with Crippen LogP contribution in [0, 0.1) is 5.92 Å². The number of likely N-dealkylation sites (tertiary alicyclic amines) is 1. The van der Waals surface area contributed by atoms with Gasteiger partial charge in [-0.25, -0.2) is 0 Å². The number of nitrogens with one attached hydrogen (secondary N) is 2. The standard InChI is InChI=1S/C11H20F3N3O/c1-17-4-2-9(3-5-17)6-15-7-10(18)16-8-11(12,13)14/h9,15H,2-8H2,1H3,(H,16,18). The highest BCUT2D eigenvalue weighted by Gasteiger charge is 2.27. The first kappa shape index (κ1) is 15.2. The van der Waals surface area contributed by atoms with Gasteiger partial charge >= 0.3 is 6.18 Å². The zero-order chi connectivity index (χ0) is 13.6. The molecule has 0 aliphatic carbocycles. The van der Waals surface area contributed by atoms with Crippen molar-refractivity contribution >= 4 is 5.91 Å². The third-order valence-electron chi connectivity index (χ3n) is 3.04. The first-order valence-electron chi connectivity index (χ1n) is 6.09. The first-order valence-corrected chi connectivity index (χ1v) is 6.09. The summed E-state index contributed by atoms with van der Waals surface area (Å²) in [6.45, 7) is 1.44. The summed E-state index contributed by atoms with van der Waals surface area (Å²) in [5.41, 5.74) is 0. The van der Waals surface area contributed by atoms with Crippen LogP contribution >= 0.6 is 0 Å². The Labute approximate surface area is 105 Å². The smallest absolute Gasteiger partial charge is 0.346 e. The Morgan fingerprint density at radius 2 is 1.94 bits per heavy atom. The van der Waals surface area contributed by atoms with Crippen LogP contribution in [0.15, 0.2) is 0 Å². The lowest BCUT2D eigenvalue weighted by Crippen LogP contribution is -2.41. The van der Waals surface area contributed by atoms with E-state index in [0.29, 0.717) is 12.5 Å². The van der Waals surface area contributed by atoms with E-state index in [1.165, 1.54) is 0 Å². The number of carbonyl (C=O) groups excluding carboxylic acids is 1. The van der Waals surface area contributed by atoms with Crippen molar-refractivity contribution in [2.45, 2.75) is 19.0 Å². The first-order chi connectivity index (χ1) is 8.37. The van der Waals surface area contributed by atoms with E-state index in [-0.39, 0.29) is 6.54 Å². The van der Waals surface area contributed by atoms with Crippen LogP contribution in [0.4, 0.5) is 13.2 Å². The molecule has 2 N–H and O–H groups in total. The highest BCUT2D eigenvalue weighted by molar-refractivity contribution is 5.77. The normalized spacial score (nSPS) is 18.9. The van der Waals surface area contributed by atoms with E-state index in [1.54, 1.807) is 0 Å². The summed E-state index contributed by atoms with van der Waals surface area (Å²) in [6.07, 6.45) is -2.22. The second kappa shape index (κ2) is 6.94. The van der Waals surface area contributed by atoms with E-state index in [1.807, 2.05) is 5.32 Å². The summed E-state index contributed by atoms with van der Waals surface area (Å²) in [4.78, 5) is 13.3. The number of nitrogens with zero attached hydrogens (tertiary/aromatic N) is 1. The Balaban J connectivity index is 2.05. The molecule has 1 fully saturated rings. The Hall–Kier alpha value is -0.820. The molecule has 0 aromatic carbocycles. The van der Waals surface area contributed by atoms with Crippen LogP contribution in [-0.2, 0) is 4.79 Å². The van der Waals surface area contributed by atoms with Gasteiger partial charge in [-0.1, -0.05) is 0 Å². The van der Waals surface area contributed by atoms with Crippen LogP contribution in [0.2, 0.25) is 0 Å². The van der Waals surface area contributed by atoms with Crippen LogP contribution in [0.5, 0.6) is 0 Å². The lowest BCUT2D eigenvalue weighted by atomic mass is 9.97. The van der Waals surface area contributed by atoms with Gasteiger partial charge in [0.05, 0.1) is 6.54 Å². The zero-order valence-electron chi connectivity index (χ0n) is 10.5. The monoisotopic (exact) mass is 267 g/mol. The van der Waals surface area contributed by atoms with Crippen molar-refractivity contribution in [2.75, 3.05) is 39.8 Å². The summed E-state index contributed by atoms with van der Waals surface area (Å²) < 4.78 is 35.5. The molecule has 106 valence electrons. The molecular weight excluding hydrogens is 247 g/mol. The van der Waals surface area contributed by atoms with Crippen molar-refractivity contribution < 1.29 is 18.0 Å². The van der Waals surface area contributed by atoms with Crippen LogP contribution in [0.3, 0.4) is 0 Å². The molecule has 7 heteroatoms. The number of halogens is 3. The van der Waals surface area contributed by atoms with Crippen LogP contribution in [0.1, 0.15) is 12.8 Å². The minimum Gasteiger partial charge on any atom is -0.346 e. The summed E-state index contributed by atoms with van der Waals surface area (Å²) in [5.74, 6) is -0.100. The van der Waals surface area contributed by atoms with E-state index < -0.39 is 18.6 Å². The summed E-state index contributed by atoms with van der Waals surface area (Å²) in [7, 11) is 2.06. The van der Waals surface area contributed by atoms with Gasteiger partial charge in [0.15, 0.2) is 0 Å². The number of hydrogen-bond acceptors (Lipinski definition) is 3. The number of rotatable bonds is 5. The number of amides is 1. The fourth-order valence-electron chi connectivity index (χ4n) is 1.92. The van der Waals surface area contributed by atoms with E-state index in [4.69, 9.17) is 0 Å². The van der Waals surface area contributed by atoms with E-state index in [9.17, 15) is 18.0 Å². The molecule has 1 saturated heterocycles. The molecule has 0 aromatic rings. The Morgan fingerprint density at radius 3 is 2.50 bits per heavy atom. The molecule has 1 amide bonds. The molecule has 0 atom stereocenters. The number of piperidine rings is 1. The number of hydrogen-bond donors (Lipinski definition) is 2. The van der Waals surface area contributed by atoms with Gasteiger partial charge in [0, 0.05) is 0 Å². The topological polar surface area (TPSA) is 44.4 Å². The Bertz CT molecular complexity index is 263. The minimum absolute atomic E-state index is 0.0532. The van der Waals surface area contributed by atoms with Crippen molar-refractivity contribution in [3.05, 3.63) is 0 Å². The Kier molecular flexibility index (Phi) is 5.87. The van der Waals surface area contributed by atoms with Crippen LogP contribution < -0.4 is 10.6 Å². The van der Waals surface area contributed by atoms with Gasteiger partial charge in [0.25, 0.3) is 0 Å². The fraction of sp³-hybridized carbons (Fsp3) is 0.909. The maximum absolute atomic E-state index is 11.8. The van der Waals surface area contributed by atoms with Gasteiger partial charge in [-0.3, -0.25) is 4.79 Å². The third kappa shape index (κ3) is 6.80. The molecule has 0 bridgehead atoms. The lowest BCUT2D eigenvalue weighted by Gasteiger charge is -2.28. The molecular formula is C11H20F3N3O. The highest BCUT2D eigenvalue weighted by atomic mass is 19.4. The predicted octanol–water partition coefficient (Wildman–Crippen LogP) is 0.596. The lowest BCUT2D eigenvalue weighted by molar-refractivity contribution is -0.137. The number of carbonyl (C=O) groups is 1. The fourth-order valence-corrected chi connectivity index (χ4v) is 1.92. The van der Waals surface area contributed by atoms with Crippen molar-refractivity contribution in [2.24, 2.45) is 5.92 Å². The maximum atomic E-state index is 11.8. The van der Waals surface area contributed by atoms with Gasteiger partial charge in [-0.15, -0.1) is 0 Å². The molecule has 0 radical (unpaired) electrons. The molecule has 0 unspecified atom stereocenters. The predicted molar refractivity (Wildman–Crippen MR) is 62.2 cm³/mol. The molecule has 0 spiro atoms. The summed E-state index contributed by atoms with van der Waals surface area (Å²) in [5, 5.41) is 4.74. The average Bonchev–Trinajstić information content (AvgIpc) is 2.28. The molecule has 0 aromatic heterocycles. The molecule has 1 heterocycles. The van der Waals surface area contributed by atoms with Crippen molar-refractivity contribution in [1.29, 1.82) is 0 Å². The van der Waals surface area contributed by atoms with Crippen LogP contribution in [0.25, 0.3) is 0 Å². The van der Waals surface area contributed by atoms with Gasteiger partial charge < -0.3 is 15.5 Å². The van der Waals surface area contributed by atoms with Crippen molar-refractivity contribution in [3.8, 4) is 0 Å². The summed E-state index contributed by atoms with van der Waals surface area (Å²) in [6, 6.07) is 0. The van der Waals surface area contributed by atoms with Gasteiger partial charge in [0.2, 0.25) is 5.91 Å². The third-order valence-corrected chi connectivity index (χ3v) is 3.04. The number of alkyl halides is 3. The quantitative estimate of drug-likeness (QED) is 0.766.